The third kappa shape index (κ3) is 1.49. The molecule has 1 saturated heterocycles. The maximum absolute atomic E-state index is 10.9. The number of carbonyl (C=O) groups excluding carboxylic acids is 1. The van der Waals surface area contributed by atoms with Crippen molar-refractivity contribution in [1.82, 2.24) is 10.6 Å². The van der Waals surface area contributed by atoms with Gasteiger partial charge in [-0.3, -0.25) is 10.1 Å². The summed E-state index contributed by atoms with van der Waals surface area (Å²) in [6.45, 7) is 0.241. The van der Waals surface area contributed by atoms with E-state index in [9.17, 15) is 9.90 Å². The van der Waals surface area contributed by atoms with Gasteiger partial charge >= 0.3 is 0 Å². The monoisotopic (exact) mass is 194 g/mol. The molecule has 14 heavy (non-hydrogen) atoms. The molecule has 0 radical (unpaired) electrons. The van der Waals surface area contributed by atoms with Gasteiger partial charge in [0.2, 0.25) is 5.91 Å². The van der Waals surface area contributed by atoms with E-state index in [1.807, 2.05) is 0 Å². The van der Waals surface area contributed by atoms with Gasteiger partial charge in [0, 0.05) is 11.6 Å². The van der Waals surface area contributed by atoms with Crippen molar-refractivity contribution in [3.05, 3.63) is 23.8 Å². The molecule has 4 N–H and O–H groups in total. The normalized spacial score (nSPS) is 20.9. The molecule has 74 valence electrons. The first-order valence-corrected chi connectivity index (χ1v) is 4.21. The highest BCUT2D eigenvalue weighted by molar-refractivity contribution is 5.80. The Bertz CT molecular complexity index is 378. The number of benzene rings is 1. The predicted molar refractivity (Wildman–Crippen MR) is 48.7 cm³/mol. The first-order valence-electron chi connectivity index (χ1n) is 4.21. The lowest BCUT2D eigenvalue weighted by Gasteiger charge is -2.12. The van der Waals surface area contributed by atoms with E-state index in [0.717, 1.165) is 0 Å². The zero-order chi connectivity index (χ0) is 10.1. The number of nitrogens with one attached hydrogen (secondary N) is 2. The second kappa shape index (κ2) is 3.19. The topological polar surface area (TPSA) is 81.6 Å². The van der Waals surface area contributed by atoms with Gasteiger partial charge < -0.3 is 15.5 Å². The molecule has 1 fully saturated rings. The van der Waals surface area contributed by atoms with Crippen molar-refractivity contribution >= 4 is 5.91 Å². The Morgan fingerprint density at radius 2 is 2.14 bits per heavy atom. The van der Waals surface area contributed by atoms with Crippen LogP contribution in [0.1, 0.15) is 11.7 Å². The Balaban J connectivity index is 2.28. The number of hydrogen-bond acceptors (Lipinski definition) is 4. The lowest BCUT2D eigenvalue weighted by molar-refractivity contribution is -0.118. The quantitative estimate of drug-likeness (QED) is 0.499. The summed E-state index contributed by atoms with van der Waals surface area (Å²) in [6.07, 6.45) is -0.372. The number of rotatable bonds is 1. The lowest BCUT2D eigenvalue weighted by Crippen LogP contribution is -2.22. The van der Waals surface area contributed by atoms with Gasteiger partial charge in [0.05, 0.1) is 6.54 Å². The molecule has 1 unspecified atom stereocenters. The average molecular weight is 194 g/mol. The fourth-order valence-electron chi connectivity index (χ4n) is 1.42. The third-order valence-electron chi connectivity index (χ3n) is 2.10. The van der Waals surface area contributed by atoms with E-state index in [1.165, 1.54) is 12.1 Å². The number of hydrogen-bond donors (Lipinski definition) is 4. The van der Waals surface area contributed by atoms with Gasteiger partial charge in [0.1, 0.15) is 17.7 Å². The number of amides is 1. The second-order valence-corrected chi connectivity index (χ2v) is 3.12. The van der Waals surface area contributed by atoms with E-state index in [2.05, 4.69) is 10.6 Å². The number of phenols is 2. The van der Waals surface area contributed by atoms with Gasteiger partial charge in [-0.15, -0.1) is 0 Å². The molecule has 5 heteroatoms. The molecule has 2 rings (SSSR count). The molecule has 0 saturated carbocycles. The molecule has 5 nitrogen and oxygen atoms in total. The number of carbonyl (C=O) groups is 1. The zero-order valence-corrected chi connectivity index (χ0v) is 7.32. The summed E-state index contributed by atoms with van der Waals surface area (Å²) >= 11 is 0. The first kappa shape index (κ1) is 8.83. The molecular weight excluding hydrogens is 184 g/mol. The van der Waals surface area contributed by atoms with Gasteiger partial charge in [-0.05, 0) is 12.1 Å². The van der Waals surface area contributed by atoms with Crippen molar-refractivity contribution in [2.24, 2.45) is 0 Å². The maximum atomic E-state index is 10.9. The van der Waals surface area contributed by atoms with E-state index < -0.39 is 0 Å². The van der Waals surface area contributed by atoms with Crippen molar-refractivity contribution in [1.29, 1.82) is 0 Å². The van der Waals surface area contributed by atoms with Crippen LogP contribution in [-0.2, 0) is 4.79 Å². The fraction of sp³-hybridized carbons (Fsp3) is 0.222. The minimum absolute atomic E-state index is 0.00410. The Morgan fingerprint density at radius 3 is 2.71 bits per heavy atom. The van der Waals surface area contributed by atoms with Crippen LogP contribution in [0.4, 0.5) is 0 Å². The third-order valence-corrected chi connectivity index (χ3v) is 2.10. The molecule has 0 spiro atoms. The van der Waals surface area contributed by atoms with Crippen LogP contribution in [0.5, 0.6) is 11.5 Å². The van der Waals surface area contributed by atoms with Gasteiger partial charge in [0.25, 0.3) is 0 Å². The van der Waals surface area contributed by atoms with Gasteiger partial charge in [-0.1, -0.05) is 0 Å². The predicted octanol–water partition coefficient (Wildman–Crippen LogP) is -0.184. The van der Waals surface area contributed by atoms with E-state index in [0.29, 0.717) is 5.56 Å². The molecule has 0 aromatic heterocycles. The van der Waals surface area contributed by atoms with Gasteiger partial charge in [-0.2, -0.15) is 0 Å². The number of aromatic hydroxyl groups is 2. The van der Waals surface area contributed by atoms with E-state index in [4.69, 9.17) is 5.11 Å². The van der Waals surface area contributed by atoms with E-state index >= 15 is 0 Å². The van der Waals surface area contributed by atoms with Crippen molar-refractivity contribution in [2.75, 3.05) is 6.54 Å². The molecule has 1 heterocycles. The summed E-state index contributed by atoms with van der Waals surface area (Å²) in [4.78, 5) is 10.9. The molecule has 1 aliphatic rings. The van der Waals surface area contributed by atoms with Gasteiger partial charge in [0.15, 0.2) is 0 Å². The minimum atomic E-state index is -0.372. The molecule has 1 atom stereocenters. The summed E-state index contributed by atoms with van der Waals surface area (Å²) in [5, 5.41) is 24.1. The van der Waals surface area contributed by atoms with Crippen LogP contribution in [0.25, 0.3) is 0 Å². The molecular formula is C9H10N2O3. The Morgan fingerprint density at radius 1 is 1.36 bits per heavy atom. The second-order valence-electron chi connectivity index (χ2n) is 3.12. The highest BCUT2D eigenvalue weighted by Gasteiger charge is 2.23. The molecule has 1 aliphatic heterocycles. The Kier molecular flexibility index (Phi) is 2.01. The summed E-state index contributed by atoms with van der Waals surface area (Å²) in [7, 11) is 0. The molecule has 1 amide bonds. The van der Waals surface area contributed by atoms with Crippen LogP contribution >= 0.6 is 0 Å². The lowest BCUT2D eigenvalue weighted by atomic mass is 10.1. The van der Waals surface area contributed by atoms with Crippen LogP contribution in [0.3, 0.4) is 0 Å². The smallest absolute Gasteiger partial charge is 0.235 e. The molecule has 0 aliphatic carbocycles. The van der Waals surface area contributed by atoms with Crippen molar-refractivity contribution in [3.63, 3.8) is 0 Å². The first-order chi connectivity index (χ1) is 6.66. The van der Waals surface area contributed by atoms with Crippen LogP contribution < -0.4 is 10.6 Å². The van der Waals surface area contributed by atoms with Crippen LogP contribution in [0.15, 0.2) is 18.2 Å². The summed E-state index contributed by atoms with van der Waals surface area (Å²) in [6, 6.07) is 4.26. The Hall–Kier alpha value is -1.75. The fourth-order valence-corrected chi connectivity index (χ4v) is 1.42. The summed E-state index contributed by atoms with van der Waals surface area (Å²) in [5.41, 5.74) is 0.550. The van der Waals surface area contributed by atoms with Crippen LogP contribution in [0, 0.1) is 0 Å². The number of phenolic OH excluding ortho intramolecular Hbond substituents is 2. The molecule has 0 bridgehead atoms. The van der Waals surface area contributed by atoms with E-state index in [1.54, 1.807) is 6.07 Å². The zero-order valence-electron chi connectivity index (χ0n) is 7.32. The van der Waals surface area contributed by atoms with Crippen LogP contribution in [0.2, 0.25) is 0 Å². The van der Waals surface area contributed by atoms with Crippen molar-refractivity contribution < 1.29 is 15.0 Å². The largest absolute Gasteiger partial charge is 0.508 e. The van der Waals surface area contributed by atoms with Crippen LogP contribution in [-0.4, -0.2) is 22.7 Å². The SMILES string of the molecule is O=C1CNC(c2ccc(O)cc2O)N1. The maximum Gasteiger partial charge on any atom is 0.235 e. The van der Waals surface area contributed by atoms with Crippen molar-refractivity contribution in [2.45, 2.75) is 6.17 Å². The molecule has 1 aromatic carbocycles. The Labute approximate surface area is 80.4 Å². The van der Waals surface area contributed by atoms with Crippen molar-refractivity contribution in [3.8, 4) is 11.5 Å². The highest BCUT2D eigenvalue weighted by Crippen LogP contribution is 2.27. The van der Waals surface area contributed by atoms with Gasteiger partial charge in [-0.25, -0.2) is 0 Å². The average Bonchev–Trinajstić information content (AvgIpc) is 2.51. The van der Waals surface area contributed by atoms with E-state index in [-0.39, 0.29) is 30.1 Å². The minimum Gasteiger partial charge on any atom is -0.508 e. The molecule has 1 aromatic rings. The summed E-state index contributed by atoms with van der Waals surface area (Å²) in [5.74, 6) is -0.150. The summed E-state index contributed by atoms with van der Waals surface area (Å²) < 4.78 is 0. The highest BCUT2D eigenvalue weighted by atomic mass is 16.3. The standard InChI is InChI=1S/C9H10N2O3/c12-5-1-2-6(7(13)3-5)9-10-4-8(14)11-9/h1-3,9-10,12-13H,4H2,(H,11,14).